The molecule has 1 fully saturated rings. The zero-order valence-electron chi connectivity index (χ0n) is 19.1. The Balaban J connectivity index is 1.35. The van der Waals surface area contributed by atoms with Crippen LogP contribution in [0.3, 0.4) is 0 Å². The van der Waals surface area contributed by atoms with E-state index in [-0.39, 0.29) is 29.4 Å². The summed E-state index contributed by atoms with van der Waals surface area (Å²) in [7, 11) is 1.80. The zero-order chi connectivity index (χ0) is 23.7. The lowest BCUT2D eigenvalue weighted by Gasteiger charge is -2.23. The zero-order valence-corrected chi connectivity index (χ0v) is 20.8. The van der Waals surface area contributed by atoms with E-state index >= 15 is 0 Å². The molecule has 1 saturated heterocycles. The normalized spacial score (nSPS) is 16.8. The Hall–Kier alpha value is -2.75. The van der Waals surface area contributed by atoms with Gasteiger partial charge in [0.1, 0.15) is 5.01 Å². The van der Waals surface area contributed by atoms with Gasteiger partial charge in [0.25, 0.3) is 5.56 Å². The highest BCUT2D eigenvalue weighted by Crippen LogP contribution is 2.29. The van der Waals surface area contributed by atoms with Crippen molar-refractivity contribution in [1.29, 1.82) is 0 Å². The summed E-state index contributed by atoms with van der Waals surface area (Å²) in [6.07, 6.45) is 1.91. The van der Waals surface area contributed by atoms with Crippen LogP contribution in [0.5, 0.6) is 0 Å². The Morgan fingerprint density at radius 1 is 1.21 bits per heavy atom. The van der Waals surface area contributed by atoms with Crippen LogP contribution in [0, 0.1) is 0 Å². The third-order valence-electron chi connectivity index (χ3n) is 6.20. The quantitative estimate of drug-likeness (QED) is 0.278. The number of aromatic nitrogens is 3. The average Bonchev–Trinajstić information content (AvgIpc) is 3.53. The standard InChI is InChI=1S/C25H26N4O3S2/c1-16(23-26-20-11-5-6-12-21(20)34-23)28(2)22(30)15-33-25-27-19-10-4-3-9-18(19)24(31)29(25)14-17-8-7-13-32-17/h3-6,9-12,16-17H,7-8,13-15H2,1-2H3. The van der Waals surface area contributed by atoms with Gasteiger partial charge >= 0.3 is 0 Å². The van der Waals surface area contributed by atoms with Crippen molar-refractivity contribution in [3.8, 4) is 0 Å². The highest BCUT2D eigenvalue weighted by Gasteiger charge is 2.23. The van der Waals surface area contributed by atoms with Crippen molar-refractivity contribution >= 4 is 50.1 Å². The van der Waals surface area contributed by atoms with Crippen LogP contribution in [-0.4, -0.2) is 50.9 Å². The summed E-state index contributed by atoms with van der Waals surface area (Å²) in [5.41, 5.74) is 1.50. The number of nitrogens with zero attached hydrogens (tertiary/aromatic N) is 4. The number of fused-ring (bicyclic) bond motifs is 2. The summed E-state index contributed by atoms with van der Waals surface area (Å²) in [4.78, 5) is 37.5. The second-order valence-corrected chi connectivity index (χ2v) is 10.5. The fourth-order valence-electron chi connectivity index (χ4n) is 4.09. The molecule has 9 heteroatoms. The van der Waals surface area contributed by atoms with E-state index in [4.69, 9.17) is 14.7 Å². The van der Waals surface area contributed by atoms with Crippen molar-refractivity contribution < 1.29 is 9.53 Å². The van der Waals surface area contributed by atoms with Gasteiger partial charge < -0.3 is 9.64 Å². The maximum Gasteiger partial charge on any atom is 0.262 e. The van der Waals surface area contributed by atoms with E-state index in [1.807, 2.05) is 49.4 Å². The Morgan fingerprint density at radius 3 is 2.74 bits per heavy atom. The molecule has 0 aliphatic carbocycles. The summed E-state index contributed by atoms with van der Waals surface area (Å²) < 4.78 is 8.55. The van der Waals surface area contributed by atoms with Gasteiger partial charge in [-0.25, -0.2) is 9.97 Å². The Bertz CT molecular complexity index is 1360. The average molecular weight is 495 g/mol. The maximum atomic E-state index is 13.2. The van der Waals surface area contributed by atoms with E-state index in [0.717, 1.165) is 34.7 Å². The first-order valence-corrected chi connectivity index (χ1v) is 13.2. The van der Waals surface area contributed by atoms with Crippen molar-refractivity contribution in [2.24, 2.45) is 0 Å². The number of benzene rings is 2. The summed E-state index contributed by atoms with van der Waals surface area (Å²) >= 11 is 2.91. The van der Waals surface area contributed by atoms with Crippen molar-refractivity contribution in [3.63, 3.8) is 0 Å². The Morgan fingerprint density at radius 2 is 1.97 bits per heavy atom. The first kappa shape index (κ1) is 23.0. The van der Waals surface area contributed by atoms with Gasteiger partial charge in [0.2, 0.25) is 5.91 Å². The van der Waals surface area contributed by atoms with Gasteiger partial charge in [-0.2, -0.15) is 0 Å². The molecule has 0 saturated carbocycles. The summed E-state index contributed by atoms with van der Waals surface area (Å²) in [6.45, 7) is 3.16. The lowest BCUT2D eigenvalue weighted by molar-refractivity contribution is -0.128. The molecular weight excluding hydrogens is 468 g/mol. The minimum atomic E-state index is -0.149. The molecule has 2 aromatic carbocycles. The third-order valence-corrected chi connectivity index (χ3v) is 8.37. The van der Waals surface area contributed by atoms with Gasteiger partial charge in [-0.05, 0) is 44.0 Å². The Labute approximate surface area is 205 Å². The van der Waals surface area contributed by atoms with Crippen LogP contribution in [0.4, 0.5) is 0 Å². The van der Waals surface area contributed by atoms with Gasteiger partial charge in [-0.1, -0.05) is 36.0 Å². The number of amides is 1. The SMILES string of the molecule is CC(c1nc2ccccc2s1)N(C)C(=O)CSc1nc2ccccc2c(=O)n1CC1CCCO1. The number of para-hydroxylation sites is 2. The topological polar surface area (TPSA) is 77.3 Å². The van der Waals surface area contributed by atoms with Crippen molar-refractivity contribution in [2.75, 3.05) is 19.4 Å². The monoisotopic (exact) mass is 494 g/mol. The van der Waals surface area contributed by atoms with Gasteiger partial charge in [0.05, 0.1) is 45.6 Å². The molecular formula is C25H26N4O3S2. The van der Waals surface area contributed by atoms with Gasteiger partial charge in [-0.15, -0.1) is 11.3 Å². The first-order chi connectivity index (χ1) is 16.5. The number of carbonyl (C=O) groups is 1. The fourth-order valence-corrected chi connectivity index (χ4v) is 6.08. The number of rotatable bonds is 7. The van der Waals surface area contributed by atoms with Crippen LogP contribution in [0.25, 0.3) is 21.1 Å². The number of thiazole rings is 1. The number of thioether (sulfide) groups is 1. The maximum absolute atomic E-state index is 13.2. The van der Waals surface area contributed by atoms with Gasteiger partial charge in [0, 0.05) is 13.7 Å². The molecule has 2 unspecified atom stereocenters. The van der Waals surface area contributed by atoms with E-state index in [9.17, 15) is 9.59 Å². The minimum absolute atomic E-state index is 0.00237. The molecule has 4 aromatic rings. The molecule has 0 bridgehead atoms. The molecule has 3 heterocycles. The molecule has 5 rings (SSSR count). The largest absolute Gasteiger partial charge is 0.376 e. The second-order valence-electron chi connectivity index (χ2n) is 8.45. The smallest absolute Gasteiger partial charge is 0.262 e. The summed E-state index contributed by atoms with van der Waals surface area (Å²) in [6, 6.07) is 15.2. The molecule has 2 atom stereocenters. The van der Waals surface area contributed by atoms with Crippen molar-refractivity contribution in [2.45, 2.75) is 43.6 Å². The van der Waals surface area contributed by atoms with Crippen molar-refractivity contribution in [1.82, 2.24) is 19.4 Å². The molecule has 2 aromatic heterocycles. The summed E-state index contributed by atoms with van der Waals surface area (Å²) in [5, 5.41) is 2.03. The van der Waals surface area contributed by atoms with E-state index in [1.165, 1.54) is 11.8 Å². The number of hydrogen-bond donors (Lipinski definition) is 0. The predicted molar refractivity (Wildman–Crippen MR) is 137 cm³/mol. The molecule has 1 aliphatic heterocycles. The van der Waals surface area contributed by atoms with E-state index < -0.39 is 0 Å². The van der Waals surface area contributed by atoms with Crippen LogP contribution in [0.2, 0.25) is 0 Å². The van der Waals surface area contributed by atoms with Crippen LogP contribution in [-0.2, 0) is 16.1 Å². The molecule has 0 spiro atoms. The molecule has 176 valence electrons. The lowest BCUT2D eigenvalue weighted by atomic mass is 10.2. The van der Waals surface area contributed by atoms with Gasteiger partial charge in [-0.3, -0.25) is 14.2 Å². The minimum Gasteiger partial charge on any atom is -0.376 e. The molecule has 1 amide bonds. The highest BCUT2D eigenvalue weighted by molar-refractivity contribution is 7.99. The first-order valence-electron chi connectivity index (χ1n) is 11.4. The van der Waals surface area contributed by atoms with Crippen LogP contribution < -0.4 is 5.56 Å². The summed E-state index contributed by atoms with van der Waals surface area (Å²) in [5.74, 6) is 0.144. The van der Waals surface area contributed by atoms with Crippen LogP contribution in [0.1, 0.15) is 30.8 Å². The van der Waals surface area contributed by atoms with E-state index in [0.29, 0.717) is 22.6 Å². The number of carbonyl (C=O) groups excluding carboxylic acids is 1. The lowest BCUT2D eigenvalue weighted by Crippen LogP contribution is -2.32. The Kier molecular flexibility index (Phi) is 6.67. The molecule has 34 heavy (non-hydrogen) atoms. The van der Waals surface area contributed by atoms with Crippen LogP contribution in [0.15, 0.2) is 58.5 Å². The molecule has 0 radical (unpaired) electrons. The highest BCUT2D eigenvalue weighted by atomic mass is 32.2. The number of hydrogen-bond acceptors (Lipinski definition) is 7. The van der Waals surface area contributed by atoms with E-state index in [1.54, 1.807) is 33.9 Å². The number of ether oxygens (including phenoxy) is 1. The molecule has 7 nitrogen and oxygen atoms in total. The fraction of sp³-hybridized carbons (Fsp3) is 0.360. The van der Waals surface area contributed by atoms with Gasteiger partial charge in [0.15, 0.2) is 5.16 Å². The predicted octanol–water partition coefficient (Wildman–Crippen LogP) is 4.50. The van der Waals surface area contributed by atoms with Crippen LogP contribution >= 0.6 is 23.1 Å². The third kappa shape index (κ3) is 4.60. The van der Waals surface area contributed by atoms with E-state index in [2.05, 4.69) is 0 Å². The second kappa shape index (κ2) is 9.85. The molecule has 1 aliphatic rings. The van der Waals surface area contributed by atoms with Crippen molar-refractivity contribution in [3.05, 3.63) is 63.9 Å². The molecule has 0 N–H and O–H groups in total.